The summed E-state index contributed by atoms with van der Waals surface area (Å²) in [6.07, 6.45) is 2.08. The first kappa shape index (κ1) is 11.9. The van der Waals surface area contributed by atoms with E-state index in [-0.39, 0.29) is 17.2 Å². The summed E-state index contributed by atoms with van der Waals surface area (Å²) in [6.45, 7) is 3.45. The molecule has 4 heteroatoms. The molecular formula is C13H16FNO2. The van der Waals surface area contributed by atoms with Gasteiger partial charge in [0, 0.05) is 19.2 Å². The van der Waals surface area contributed by atoms with Gasteiger partial charge in [0.2, 0.25) is 0 Å². The molecule has 92 valence electrons. The Morgan fingerprint density at radius 1 is 1.53 bits per heavy atom. The van der Waals surface area contributed by atoms with Crippen LogP contribution in [0.5, 0.6) is 5.75 Å². The molecule has 0 radical (unpaired) electrons. The molecule has 0 aromatic heterocycles. The van der Waals surface area contributed by atoms with Gasteiger partial charge in [-0.15, -0.1) is 0 Å². The van der Waals surface area contributed by atoms with Crippen molar-refractivity contribution in [2.24, 2.45) is 5.92 Å². The van der Waals surface area contributed by atoms with Gasteiger partial charge in [0.15, 0.2) is 0 Å². The highest BCUT2D eigenvalue weighted by Crippen LogP contribution is 2.21. The van der Waals surface area contributed by atoms with Crippen LogP contribution in [0.4, 0.5) is 4.39 Å². The third kappa shape index (κ3) is 2.57. The van der Waals surface area contributed by atoms with Crippen molar-refractivity contribution in [3.63, 3.8) is 0 Å². The molecule has 1 atom stereocenters. The number of carbonyl (C=O) groups excluding carboxylic acids is 1. The first-order valence-electron chi connectivity index (χ1n) is 5.85. The molecule has 1 unspecified atom stereocenters. The summed E-state index contributed by atoms with van der Waals surface area (Å²) in [6, 6.07) is 3.65. The van der Waals surface area contributed by atoms with Crippen molar-refractivity contribution in [2.45, 2.75) is 19.8 Å². The number of benzene rings is 1. The highest BCUT2D eigenvalue weighted by Gasteiger charge is 2.24. The second-order valence-corrected chi connectivity index (χ2v) is 4.66. The summed E-state index contributed by atoms with van der Waals surface area (Å²) in [4.78, 5) is 13.8. The maximum Gasteiger partial charge on any atom is 0.256 e. The van der Waals surface area contributed by atoms with Gasteiger partial charge in [0.05, 0.1) is 5.56 Å². The summed E-state index contributed by atoms with van der Waals surface area (Å²) in [7, 11) is 0. The Labute approximate surface area is 99.9 Å². The van der Waals surface area contributed by atoms with Crippen LogP contribution in [0.15, 0.2) is 18.2 Å². The van der Waals surface area contributed by atoms with E-state index in [9.17, 15) is 9.18 Å². The first-order valence-corrected chi connectivity index (χ1v) is 5.85. The normalized spacial score (nSPS) is 20.4. The molecule has 1 amide bonds. The third-order valence-corrected chi connectivity index (χ3v) is 3.13. The van der Waals surface area contributed by atoms with E-state index in [2.05, 4.69) is 6.92 Å². The highest BCUT2D eigenvalue weighted by molar-refractivity contribution is 5.94. The zero-order valence-electron chi connectivity index (χ0n) is 9.82. The minimum absolute atomic E-state index is 0.0388. The van der Waals surface area contributed by atoms with Crippen molar-refractivity contribution in [3.05, 3.63) is 29.6 Å². The van der Waals surface area contributed by atoms with E-state index in [1.807, 2.05) is 0 Å². The lowest BCUT2D eigenvalue weighted by Gasteiger charge is -2.31. The predicted octanol–water partition coefficient (Wildman–Crippen LogP) is 2.40. The minimum Gasteiger partial charge on any atom is -0.508 e. The van der Waals surface area contributed by atoms with Gasteiger partial charge < -0.3 is 10.0 Å². The van der Waals surface area contributed by atoms with E-state index in [1.54, 1.807) is 4.90 Å². The van der Waals surface area contributed by atoms with Crippen LogP contribution in [0, 0.1) is 11.7 Å². The Hall–Kier alpha value is -1.58. The fraction of sp³-hybridized carbons (Fsp3) is 0.462. The number of aromatic hydroxyl groups is 1. The first-order chi connectivity index (χ1) is 8.08. The number of phenolic OH excluding ortho intramolecular Hbond substituents is 1. The fourth-order valence-electron chi connectivity index (χ4n) is 2.22. The van der Waals surface area contributed by atoms with E-state index in [0.29, 0.717) is 19.0 Å². The number of carbonyl (C=O) groups is 1. The number of amides is 1. The van der Waals surface area contributed by atoms with Crippen molar-refractivity contribution in [1.29, 1.82) is 0 Å². The van der Waals surface area contributed by atoms with E-state index in [0.717, 1.165) is 18.9 Å². The SMILES string of the molecule is CC1CCCN(C(=O)c2ccc(O)cc2F)C1. The molecule has 1 heterocycles. The maximum atomic E-state index is 13.5. The number of phenols is 1. The molecule has 0 bridgehead atoms. The van der Waals surface area contributed by atoms with Crippen LogP contribution < -0.4 is 0 Å². The molecule has 3 nitrogen and oxygen atoms in total. The zero-order valence-corrected chi connectivity index (χ0v) is 9.82. The molecule has 1 aliphatic heterocycles. The van der Waals surface area contributed by atoms with E-state index < -0.39 is 5.82 Å². The zero-order chi connectivity index (χ0) is 12.4. The van der Waals surface area contributed by atoms with Gasteiger partial charge in [-0.2, -0.15) is 0 Å². The number of halogens is 1. The molecule has 1 saturated heterocycles. The van der Waals surface area contributed by atoms with Crippen LogP contribution in [0.3, 0.4) is 0 Å². The number of hydrogen-bond acceptors (Lipinski definition) is 2. The lowest BCUT2D eigenvalue weighted by Crippen LogP contribution is -2.39. The van der Waals surface area contributed by atoms with Gasteiger partial charge >= 0.3 is 0 Å². The molecule has 0 spiro atoms. The molecule has 0 saturated carbocycles. The standard InChI is InChI=1S/C13H16FNO2/c1-9-3-2-6-15(8-9)13(17)11-5-4-10(16)7-12(11)14/h4-5,7,9,16H,2-3,6,8H2,1H3. The Morgan fingerprint density at radius 3 is 2.94 bits per heavy atom. The molecule has 2 rings (SSSR count). The number of hydrogen-bond donors (Lipinski definition) is 1. The molecule has 0 aliphatic carbocycles. The molecule has 17 heavy (non-hydrogen) atoms. The Kier molecular flexibility index (Phi) is 3.31. The molecular weight excluding hydrogens is 221 g/mol. The second-order valence-electron chi connectivity index (χ2n) is 4.66. The largest absolute Gasteiger partial charge is 0.508 e. The average molecular weight is 237 g/mol. The van der Waals surface area contributed by atoms with Crippen molar-refractivity contribution in [2.75, 3.05) is 13.1 Å². The number of nitrogens with zero attached hydrogens (tertiary/aromatic N) is 1. The number of rotatable bonds is 1. The van der Waals surface area contributed by atoms with Gasteiger partial charge in [0.1, 0.15) is 11.6 Å². The smallest absolute Gasteiger partial charge is 0.256 e. The second kappa shape index (κ2) is 4.73. The Bertz CT molecular complexity index is 433. The lowest BCUT2D eigenvalue weighted by atomic mass is 9.99. The van der Waals surface area contributed by atoms with Gasteiger partial charge in [-0.3, -0.25) is 4.79 Å². The van der Waals surface area contributed by atoms with Crippen LogP contribution in [0.25, 0.3) is 0 Å². The maximum absolute atomic E-state index is 13.5. The highest BCUT2D eigenvalue weighted by atomic mass is 19.1. The monoisotopic (exact) mass is 237 g/mol. The van der Waals surface area contributed by atoms with Crippen LogP contribution in [-0.4, -0.2) is 29.0 Å². The summed E-state index contributed by atoms with van der Waals surface area (Å²) >= 11 is 0. The molecule has 1 fully saturated rings. The molecule has 1 aromatic carbocycles. The third-order valence-electron chi connectivity index (χ3n) is 3.13. The average Bonchev–Trinajstić information content (AvgIpc) is 2.28. The predicted molar refractivity (Wildman–Crippen MR) is 62.4 cm³/mol. The van der Waals surface area contributed by atoms with Crippen LogP contribution in [0.2, 0.25) is 0 Å². The van der Waals surface area contributed by atoms with Gasteiger partial charge in [-0.1, -0.05) is 6.92 Å². The van der Waals surface area contributed by atoms with E-state index in [4.69, 9.17) is 5.11 Å². The Morgan fingerprint density at radius 2 is 2.29 bits per heavy atom. The van der Waals surface area contributed by atoms with E-state index >= 15 is 0 Å². The van der Waals surface area contributed by atoms with Crippen LogP contribution in [-0.2, 0) is 0 Å². The van der Waals surface area contributed by atoms with Crippen LogP contribution >= 0.6 is 0 Å². The topological polar surface area (TPSA) is 40.5 Å². The van der Waals surface area contributed by atoms with Crippen molar-refractivity contribution < 1.29 is 14.3 Å². The number of piperidine rings is 1. The summed E-state index contributed by atoms with van der Waals surface area (Å²) < 4.78 is 13.5. The summed E-state index contributed by atoms with van der Waals surface area (Å²) in [5.41, 5.74) is 0.0388. The fourth-order valence-corrected chi connectivity index (χ4v) is 2.22. The number of likely N-dealkylation sites (tertiary alicyclic amines) is 1. The summed E-state index contributed by atoms with van der Waals surface area (Å²) in [5.74, 6) is -0.638. The lowest BCUT2D eigenvalue weighted by molar-refractivity contribution is 0.0678. The van der Waals surface area contributed by atoms with Gasteiger partial charge in [0.25, 0.3) is 5.91 Å². The van der Waals surface area contributed by atoms with Crippen molar-refractivity contribution in [3.8, 4) is 5.75 Å². The molecule has 1 N–H and O–H groups in total. The summed E-state index contributed by atoms with van der Waals surface area (Å²) in [5, 5.41) is 9.11. The van der Waals surface area contributed by atoms with Gasteiger partial charge in [-0.05, 0) is 30.9 Å². The Balaban J connectivity index is 2.18. The van der Waals surface area contributed by atoms with Gasteiger partial charge in [-0.25, -0.2) is 4.39 Å². The van der Waals surface area contributed by atoms with Crippen LogP contribution in [0.1, 0.15) is 30.1 Å². The molecule has 1 aliphatic rings. The molecule has 1 aromatic rings. The van der Waals surface area contributed by atoms with E-state index in [1.165, 1.54) is 12.1 Å². The van der Waals surface area contributed by atoms with Crippen molar-refractivity contribution >= 4 is 5.91 Å². The van der Waals surface area contributed by atoms with Crippen molar-refractivity contribution in [1.82, 2.24) is 4.90 Å². The quantitative estimate of drug-likeness (QED) is 0.814. The minimum atomic E-state index is -0.659.